The van der Waals surface area contributed by atoms with Crippen LogP contribution in [0.5, 0.6) is 11.5 Å². The fourth-order valence-corrected chi connectivity index (χ4v) is 2.33. The van der Waals surface area contributed by atoms with Crippen LogP contribution in [-0.4, -0.2) is 0 Å². The van der Waals surface area contributed by atoms with E-state index in [1.807, 2.05) is 18.2 Å². The van der Waals surface area contributed by atoms with Gasteiger partial charge in [0, 0.05) is 0 Å². The van der Waals surface area contributed by atoms with Gasteiger partial charge in [0.2, 0.25) is 0 Å². The van der Waals surface area contributed by atoms with Gasteiger partial charge in [-0.25, -0.2) is 0 Å². The maximum Gasteiger partial charge on any atom is 0.128 e. The number of nitrogens with zero attached hydrogens (tertiary/aromatic N) is 1. The van der Waals surface area contributed by atoms with Crippen molar-refractivity contribution in [2.24, 2.45) is 0 Å². The molecule has 0 N–H and O–H groups in total. The Bertz CT molecular complexity index is 751. The third-order valence-electron chi connectivity index (χ3n) is 3.98. The molecule has 0 heterocycles. The van der Waals surface area contributed by atoms with E-state index in [9.17, 15) is 0 Å². The summed E-state index contributed by atoms with van der Waals surface area (Å²) in [5.41, 5.74) is 5.74. The van der Waals surface area contributed by atoms with Gasteiger partial charge in [-0.3, -0.25) is 0 Å². The average Bonchev–Trinajstić information content (AvgIpc) is 2.55. The number of rotatable bonds is 4. The number of benzene rings is 2. The summed E-state index contributed by atoms with van der Waals surface area (Å²) in [6.45, 7) is 8.60. The predicted molar refractivity (Wildman–Crippen MR) is 91.0 cm³/mol. The van der Waals surface area contributed by atoms with Gasteiger partial charge in [-0.15, -0.1) is 0 Å². The van der Waals surface area contributed by atoms with Crippen LogP contribution in [0.1, 0.15) is 43.9 Å². The topological polar surface area (TPSA) is 33.0 Å². The van der Waals surface area contributed by atoms with E-state index in [2.05, 4.69) is 45.9 Å². The van der Waals surface area contributed by atoms with Crippen molar-refractivity contribution in [1.82, 2.24) is 0 Å². The Labute approximate surface area is 132 Å². The quantitative estimate of drug-likeness (QED) is 0.706. The van der Waals surface area contributed by atoms with Crippen molar-refractivity contribution in [2.75, 3.05) is 0 Å². The average molecular weight is 291 g/mol. The van der Waals surface area contributed by atoms with E-state index < -0.39 is 0 Å². The first kappa shape index (κ1) is 15.9. The lowest BCUT2D eigenvalue weighted by Gasteiger charge is -2.13. The molecule has 0 atom stereocenters. The van der Waals surface area contributed by atoms with Crippen LogP contribution in [-0.2, 0) is 0 Å². The maximum atomic E-state index is 8.96. The van der Waals surface area contributed by atoms with E-state index in [1.165, 1.54) is 22.3 Å². The molecule has 0 fully saturated rings. The lowest BCUT2D eigenvalue weighted by atomic mass is 9.96. The van der Waals surface area contributed by atoms with Gasteiger partial charge in [-0.2, -0.15) is 5.26 Å². The molecule has 22 heavy (non-hydrogen) atoms. The van der Waals surface area contributed by atoms with Gasteiger partial charge in [0.25, 0.3) is 0 Å². The van der Waals surface area contributed by atoms with Gasteiger partial charge in [0.1, 0.15) is 11.5 Å². The third-order valence-corrected chi connectivity index (χ3v) is 3.98. The van der Waals surface area contributed by atoms with Gasteiger partial charge >= 0.3 is 0 Å². The van der Waals surface area contributed by atoms with Crippen molar-refractivity contribution >= 4 is 5.57 Å². The minimum Gasteiger partial charge on any atom is -0.457 e. The summed E-state index contributed by atoms with van der Waals surface area (Å²) in [7, 11) is 0. The molecule has 0 aliphatic rings. The van der Waals surface area contributed by atoms with E-state index >= 15 is 0 Å². The van der Waals surface area contributed by atoms with E-state index in [0.29, 0.717) is 11.3 Å². The van der Waals surface area contributed by atoms with Gasteiger partial charge in [-0.05, 0) is 74.2 Å². The zero-order valence-electron chi connectivity index (χ0n) is 13.6. The molecule has 0 bridgehead atoms. The van der Waals surface area contributed by atoms with Crippen molar-refractivity contribution in [3.8, 4) is 17.6 Å². The summed E-state index contributed by atoms with van der Waals surface area (Å²) in [5, 5.41) is 8.96. The minimum atomic E-state index is 0.600. The van der Waals surface area contributed by atoms with E-state index in [1.54, 1.807) is 12.1 Å². The highest BCUT2D eigenvalue weighted by molar-refractivity contribution is 5.70. The zero-order valence-corrected chi connectivity index (χ0v) is 13.6. The number of ether oxygens (including phenoxy) is 1. The summed E-state index contributed by atoms with van der Waals surface area (Å²) >= 11 is 0. The lowest BCUT2D eigenvalue weighted by Crippen LogP contribution is -1.92. The SMILES string of the molecule is CC/C(C)=C(/C)c1cc(Oc2cccc(C#N)c2)ccc1C. The molecule has 0 saturated heterocycles. The van der Waals surface area contributed by atoms with Crippen molar-refractivity contribution in [2.45, 2.75) is 34.1 Å². The van der Waals surface area contributed by atoms with Crippen LogP contribution in [0.25, 0.3) is 5.57 Å². The molecule has 2 aromatic carbocycles. The summed E-state index contributed by atoms with van der Waals surface area (Å²) in [6, 6.07) is 15.4. The highest BCUT2D eigenvalue weighted by atomic mass is 16.5. The molecule has 0 amide bonds. The van der Waals surface area contributed by atoms with Crippen LogP contribution >= 0.6 is 0 Å². The van der Waals surface area contributed by atoms with Gasteiger partial charge in [-0.1, -0.05) is 24.6 Å². The molecular formula is C20H21NO. The van der Waals surface area contributed by atoms with Crippen molar-refractivity contribution in [1.29, 1.82) is 5.26 Å². The van der Waals surface area contributed by atoms with E-state index in [4.69, 9.17) is 10.00 Å². The number of allylic oxidation sites excluding steroid dienone is 2. The molecule has 0 aliphatic carbocycles. The molecule has 112 valence electrons. The smallest absolute Gasteiger partial charge is 0.128 e. The van der Waals surface area contributed by atoms with Crippen LogP contribution in [0.2, 0.25) is 0 Å². The first-order valence-electron chi connectivity index (χ1n) is 7.50. The van der Waals surface area contributed by atoms with Crippen molar-refractivity contribution in [3.05, 3.63) is 64.7 Å². The van der Waals surface area contributed by atoms with Crippen molar-refractivity contribution < 1.29 is 4.74 Å². The Morgan fingerprint density at radius 3 is 2.50 bits per heavy atom. The first-order chi connectivity index (χ1) is 10.5. The van der Waals surface area contributed by atoms with Crippen LogP contribution in [0.4, 0.5) is 0 Å². The molecule has 0 radical (unpaired) electrons. The van der Waals surface area contributed by atoms with Crippen molar-refractivity contribution in [3.63, 3.8) is 0 Å². The highest BCUT2D eigenvalue weighted by Crippen LogP contribution is 2.29. The number of aryl methyl sites for hydroxylation is 1. The Morgan fingerprint density at radius 1 is 1.09 bits per heavy atom. The minimum absolute atomic E-state index is 0.600. The molecule has 0 unspecified atom stereocenters. The van der Waals surface area contributed by atoms with Gasteiger partial charge < -0.3 is 4.74 Å². The van der Waals surface area contributed by atoms with Gasteiger partial charge in [0.15, 0.2) is 0 Å². The number of nitriles is 1. The van der Waals surface area contributed by atoms with Crippen LogP contribution in [0.15, 0.2) is 48.0 Å². The fraction of sp³-hybridized carbons (Fsp3) is 0.250. The number of hydrogen-bond acceptors (Lipinski definition) is 2. The monoisotopic (exact) mass is 291 g/mol. The molecule has 2 nitrogen and oxygen atoms in total. The summed E-state index contributed by atoms with van der Waals surface area (Å²) < 4.78 is 5.91. The highest BCUT2D eigenvalue weighted by Gasteiger charge is 2.07. The molecule has 0 saturated carbocycles. The Hall–Kier alpha value is -2.53. The van der Waals surface area contributed by atoms with Gasteiger partial charge in [0.05, 0.1) is 11.6 Å². The number of hydrogen-bond donors (Lipinski definition) is 0. The molecule has 2 heteroatoms. The molecule has 2 rings (SSSR count). The Kier molecular flexibility index (Phi) is 5.01. The zero-order chi connectivity index (χ0) is 16.1. The second-order valence-electron chi connectivity index (χ2n) is 5.48. The normalized spacial score (nSPS) is 11.6. The van der Waals surface area contributed by atoms with Crippen LogP contribution in [0, 0.1) is 18.3 Å². The predicted octanol–water partition coefficient (Wildman–Crippen LogP) is 5.86. The Morgan fingerprint density at radius 2 is 1.82 bits per heavy atom. The molecule has 2 aromatic rings. The summed E-state index contributed by atoms with van der Waals surface area (Å²) in [4.78, 5) is 0. The fourth-order valence-electron chi connectivity index (χ4n) is 2.33. The second kappa shape index (κ2) is 6.95. The maximum absolute atomic E-state index is 8.96. The standard InChI is InChI=1S/C20H21NO/c1-5-14(2)16(4)20-12-19(10-9-15(20)3)22-18-8-6-7-17(11-18)13-21/h6-12H,5H2,1-4H3/b16-14-. The lowest BCUT2D eigenvalue weighted by molar-refractivity contribution is 0.482. The second-order valence-corrected chi connectivity index (χ2v) is 5.48. The molecular weight excluding hydrogens is 270 g/mol. The summed E-state index contributed by atoms with van der Waals surface area (Å²) in [6.07, 6.45) is 1.04. The van der Waals surface area contributed by atoms with E-state index in [0.717, 1.165) is 12.2 Å². The largest absolute Gasteiger partial charge is 0.457 e. The Balaban J connectivity index is 2.36. The van der Waals surface area contributed by atoms with Crippen LogP contribution < -0.4 is 4.74 Å². The third kappa shape index (κ3) is 3.56. The molecule has 0 aliphatic heterocycles. The molecule has 0 spiro atoms. The molecule has 0 aromatic heterocycles. The van der Waals surface area contributed by atoms with Crippen LogP contribution in [0.3, 0.4) is 0 Å². The first-order valence-corrected chi connectivity index (χ1v) is 7.50. The summed E-state index contributed by atoms with van der Waals surface area (Å²) in [5.74, 6) is 1.47. The van der Waals surface area contributed by atoms with E-state index in [-0.39, 0.29) is 0 Å².